The van der Waals surface area contributed by atoms with Crippen molar-refractivity contribution in [3.8, 4) is 0 Å². The van der Waals surface area contributed by atoms with E-state index in [-0.39, 0.29) is 6.61 Å². The number of hydrogen-bond acceptors (Lipinski definition) is 3. The van der Waals surface area contributed by atoms with Gasteiger partial charge in [0.15, 0.2) is 0 Å². The normalized spacial score (nSPS) is 10.9. The SMILES string of the molecule is NCCC=Cc1ccc(CO)cn1. The predicted octanol–water partition coefficient (Wildman–Crippen LogP) is 0.936. The van der Waals surface area contributed by atoms with E-state index in [2.05, 4.69) is 4.98 Å². The monoisotopic (exact) mass is 178 g/mol. The topological polar surface area (TPSA) is 59.1 Å². The lowest BCUT2D eigenvalue weighted by atomic mass is 10.2. The molecule has 0 aliphatic carbocycles. The van der Waals surface area contributed by atoms with Gasteiger partial charge in [0.05, 0.1) is 12.3 Å². The third kappa shape index (κ3) is 3.36. The molecular weight excluding hydrogens is 164 g/mol. The Kier molecular flexibility index (Phi) is 4.15. The first-order valence-electron chi connectivity index (χ1n) is 4.29. The van der Waals surface area contributed by atoms with Crippen LogP contribution in [0.2, 0.25) is 0 Å². The van der Waals surface area contributed by atoms with Gasteiger partial charge in [-0.25, -0.2) is 0 Å². The first-order valence-corrected chi connectivity index (χ1v) is 4.29. The lowest BCUT2D eigenvalue weighted by Gasteiger charge is -1.95. The zero-order chi connectivity index (χ0) is 9.52. The van der Waals surface area contributed by atoms with Crippen LogP contribution in [0.3, 0.4) is 0 Å². The zero-order valence-electron chi connectivity index (χ0n) is 7.48. The fourth-order valence-corrected chi connectivity index (χ4v) is 0.928. The second-order valence-corrected chi connectivity index (χ2v) is 2.73. The Bertz CT molecular complexity index is 267. The highest BCUT2D eigenvalue weighted by molar-refractivity contribution is 5.44. The first-order chi connectivity index (χ1) is 6.36. The highest BCUT2D eigenvalue weighted by Gasteiger charge is 1.90. The third-order valence-electron chi connectivity index (χ3n) is 1.65. The van der Waals surface area contributed by atoms with Gasteiger partial charge < -0.3 is 10.8 Å². The Balaban J connectivity index is 2.58. The molecule has 1 aromatic heterocycles. The van der Waals surface area contributed by atoms with E-state index in [1.54, 1.807) is 6.20 Å². The van der Waals surface area contributed by atoms with Crippen molar-refractivity contribution in [2.75, 3.05) is 6.54 Å². The molecule has 3 nitrogen and oxygen atoms in total. The van der Waals surface area contributed by atoms with Crippen LogP contribution in [0.15, 0.2) is 24.4 Å². The maximum Gasteiger partial charge on any atom is 0.0696 e. The van der Waals surface area contributed by atoms with E-state index in [1.807, 2.05) is 24.3 Å². The molecule has 0 saturated heterocycles. The molecule has 13 heavy (non-hydrogen) atoms. The summed E-state index contributed by atoms with van der Waals surface area (Å²) in [5, 5.41) is 8.77. The molecule has 0 radical (unpaired) electrons. The van der Waals surface area contributed by atoms with Crippen LogP contribution in [0.1, 0.15) is 17.7 Å². The Hall–Kier alpha value is -1.19. The maximum atomic E-state index is 8.77. The largest absolute Gasteiger partial charge is 0.392 e. The molecule has 0 fully saturated rings. The van der Waals surface area contributed by atoms with Gasteiger partial charge in [-0.2, -0.15) is 0 Å². The highest BCUT2D eigenvalue weighted by Crippen LogP contribution is 2.02. The van der Waals surface area contributed by atoms with Crippen molar-refractivity contribution in [3.05, 3.63) is 35.7 Å². The van der Waals surface area contributed by atoms with Crippen LogP contribution in [0.4, 0.5) is 0 Å². The Labute approximate surface area is 77.9 Å². The number of aliphatic hydroxyl groups is 1. The molecule has 0 aromatic carbocycles. The van der Waals surface area contributed by atoms with Crippen molar-refractivity contribution in [2.45, 2.75) is 13.0 Å². The van der Waals surface area contributed by atoms with Crippen LogP contribution in [-0.4, -0.2) is 16.6 Å². The molecule has 0 aliphatic rings. The van der Waals surface area contributed by atoms with E-state index in [9.17, 15) is 0 Å². The van der Waals surface area contributed by atoms with Gasteiger partial charge in [-0.05, 0) is 30.7 Å². The fraction of sp³-hybridized carbons (Fsp3) is 0.300. The number of nitrogens with two attached hydrogens (primary N) is 1. The maximum absolute atomic E-state index is 8.77. The van der Waals surface area contributed by atoms with Gasteiger partial charge in [-0.3, -0.25) is 4.98 Å². The van der Waals surface area contributed by atoms with Gasteiger partial charge in [0.1, 0.15) is 0 Å². The molecule has 70 valence electrons. The van der Waals surface area contributed by atoms with Crippen molar-refractivity contribution in [2.24, 2.45) is 5.73 Å². The van der Waals surface area contributed by atoms with Crippen LogP contribution in [0, 0.1) is 0 Å². The van der Waals surface area contributed by atoms with Gasteiger partial charge in [0.25, 0.3) is 0 Å². The number of aromatic nitrogens is 1. The summed E-state index contributed by atoms with van der Waals surface area (Å²) in [4.78, 5) is 4.13. The summed E-state index contributed by atoms with van der Waals surface area (Å²) in [5.41, 5.74) is 7.06. The third-order valence-corrected chi connectivity index (χ3v) is 1.65. The molecule has 0 spiro atoms. The minimum Gasteiger partial charge on any atom is -0.392 e. The second kappa shape index (κ2) is 5.45. The summed E-state index contributed by atoms with van der Waals surface area (Å²) in [6, 6.07) is 3.73. The predicted molar refractivity (Wildman–Crippen MR) is 52.9 cm³/mol. The second-order valence-electron chi connectivity index (χ2n) is 2.73. The lowest BCUT2D eigenvalue weighted by molar-refractivity contribution is 0.281. The van der Waals surface area contributed by atoms with E-state index in [0.717, 1.165) is 17.7 Å². The van der Waals surface area contributed by atoms with E-state index in [1.165, 1.54) is 0 Å². The summed E-state index contributed by atoms with van der Waals surface area (Å²) < 4.78 is 0. The molecule has 1 aromatic rings. The quantitative estimate of drug-likeness (QED) is 0.721. The van der Waals surface area contributed by atoms with Crippen LogP contribution in [0.25, 0.3) is 6.08 Å². The van der Waals surface area contributed by atoms with Gasteiger partial charge in [0, 0.05) is 6.20 Å². The Morgan fingerprint density at radius 3 is 2.85 bits per heavy atom. The van der Waals surface area contributed by atoms with Crippen LogP contribution < -0.4 is 5.73 Å². The molecule has 0 saturated carbocycles. The average Bonchev–Trinajstić information content (AvgIpc) is 2.19. The van der Waals surface area contributed by atoms with E-state index in [0.29, 0.717) is 6.54 Å². The highest BCUT2D eigenvalue weighted by atomic mass is 16.3. The fourth-order valence-electron chi connectivity index (χ4n) is 0.928. The molecule has 3 N–H and O–H groups in total. The van der Waals surface area contributed by atoms with E-state index >= 15 is 0 Å². The molecule has 0 amide bonds. The lowest BCUT2D eigenvalue weighted by Crippen LogP contribution is -1.95. The summed E-state index contributed by atoms with van der Waals surface area (Å²) in [6.45, 7) is 0.699. The standard InChI is InChI=1S/C10H14N2O/c11-6-2-1-3-10-5-4-9(8-13)7-12-10/h1,3-5,7,13H,2,6,8,11H2. The molecule has 1 heterocycles. The molecule has 0 atom stereocenters. The summed E-state index contributed by atoms with van der Waals surface area (Å²) in [6.07, 6.45) is 6.44. The van der Waals surface area contributed by atoms with Gasteiger partial charge >= 0.3 is 0 Å². The molecular formula is C10H14N2O. The van der Waals surface area contributed by atoms with Crippen LogP contribution in [-0.2, 0) is 6.61 Å². The summed E-state index contributed by atoms with van der Waals surface area (Å²) >= 11 is 0. The number of nitrogens with zero attached hydrogens (tertiary/aromatic N) is 1. The zero-order valence-corrected chi connectivity index (χ0v) is 7.48. The average molecular weight is 178 g/mol. The number of aliphatic hydroxyl groups excluding tert-OH is 1. The van der Waals surface area contributed by atoms with Crippen LogP contribution >= 0.6 is 0 Å². The van der Waals surface area contributed by atoms with Crippen molar-refractivity contribution >= 4 is 6.08 Å². The number of pyridine rings is 1. The van der Waals surface area contributed by atoms with Crippen molar-refractivity contribution in [1.82, 2.24) is 4.98 Å². The molecule has 0 bridgehead atoms. The van der Waals surface area contributed by atoms with Crippen molar-refractivity contribution < 1.29 is 5.11 Å². The van der Waals surface area contributed by atoms with E-state index in [4.69, 9.17) is 10.8 Å². The molecule has 0 unspecified atom stereocenters. The van der Waals surface area contributed by atoms with Gasteiger partial charge in [-0.15, -0.1) is 0 Å². The number of rotatable bonds is 4. The molecule has 0 aliphatic heterocycles. The number of hydrogen-bond donors (Lipinski definition) is 2. The smallest absolute Gasteiger partial charge is 0.0696 e. The first kappa shape index (κ1) is 9.89. The summed E-state index contributed by atoms with van der Waals surface area (Å²) in [5.74, 6) is 0. The molecule has 3 heteroatoms. The van der Waals surface area contributed by atoms with Crippen molar-refractivity contribution in [1.29, 1.82) is 0 Å². The van der Waals surface area contributed by atoms with Crippen LogP contribution in [0.5, 0.6) is 0 Å². The Morgan fingerprint density at radius 1 is 1.46 bits per heavy atom. The summed E-state index contributed by atoms with van der Waals surface area (Å²) in [7, 11) is 0. The minimum absolute atomic E-state index is 0.0415. The Morgan fingerprint density at radius 2 is 2.31 bits per heavy atom. The van der Waals surface area contributed by atoms with Gasteiger partial charge in [0.2, 0.25) is 0 Å². The van der Waals surface area contributed by atoms with E-state index < -0.39 is 0 Å². The minimum atomic E-state index is 0.0415. The van der Waals surface area contributed by atoms with Crippen molar-refractivity contribution in [3.63, 3.8) is 0 Å². The van der Waals surface area contributed by atoms with Gasteiger partial charge in [-0.1, -0.05) is 12.1 Å². The molecule has 1 rings (SSSR count).